The molecule has 2 aromatic carbocycles. The Hall–Kier alpha value is -3.40. The summed E-state index contributed by atoms with van der Waals surface area (Å²) in [4.78, 5) is 11.8. The molecule has 2 aromatic rings. The molecule has 0 spiro atoms. The molecule has 6 nitrogen and oxygen atoms in total. The van der Waals surface area contributed by atoms with Gasteiger partial charge in [0.2, 0.25) is 0 Å². The fourth-order valence-corrected chi connectivity index (χ4v) is 1.86. The number of amides is 1. The van der Waals surface area contributed by atoms with Gasteiger partial charge in [-0.15, -0.1) is 0 Å². The second-order valence-corrected chi connectivity index (χ2v) is 4.54. The van der Waals surface area contributed by atoms with Crippen LogP contribution in [0.1, 0.15) is 15.9 Å². The number of carbonyl (C=O) groups is 1. The quantitative estimate of drug-likeness (QED) is 0.652. The van der Waals surface area contributed by atoms with Crippen molar-refractivity contribution in [3.05, 3.63) is 59.4 Å². The van der Waals surface area contributed by atoms with Crippen molar-refractivity contribution >= 4 is 12.1 Å². The van der Waals surface area contributed by atoms with Gasteiger partial charge in [-0.25, -0.2) is 9.82 Å². The molecular weight excluding hydrogens is 313 g/mol. The molecule has 7 heteroatoms. The highest BCUT2D eigenvalue weighted by molar-refractivity contribution is 5.95. The van der Waals surface area contributed by atoms with Gasteiger partial charge in [0.15, 0.2) is 18.1 Å². The maximum Gasteiger partial charge on any atom is 0.274 e. The minimum absolute atomic E-state index is 0.0903. The summed E-state index contributed by atoms with van der Waals surface area (Å²) in [6.07, 6.45) is 1.38. The van der Waals surface area contributed by atoms with Crippen LogP contribution in [-0.4, -0.2) is 25.8 Å². The van der Waals surface area contributed by atoms with Gasteiger partial charge < -0.3 is 9.47 Å². The first-order valence-corrected chi connectivity index (χ1v) is 6.91. The number of methoxy groups -OCH3 is 1. The summed E-state index contributed by atoms with van der Waals surface area (Å²) in [7, 11) is 1.47. The smallest absolute Gasteiger partial charge is 0.274 e. The lowest BCUT2D eigenvalue weighted by Gasteiger charge is -2.08. The lowest BCUT2D eigenvalue weighted by Crippen LogP contribution is -2.18. The van der Waals surface area contributed by atoms with Crippen LogP contribution in [0, 0.1) is 17.1 Å². The third-order valence-corrected chi connectivity index (χ3v) is 2.98. The van der Waals surface area contributed by atoms with E-state index in [1.54, 1.807) is 24.3 Å². The van der Waals surface area contributed by atoms with Crippen molar-refractivity contribution in [3.63, 3.8) is 0 Å². The van der Waals surface area contributed by atoms with Crippen LogP contribution in [0.3, 0.4) is 0 Å². The summed E-state index contributed by atoms with van der Waals surface area (Å²) < 4.78 is 23.8. The molecule has 0 saturated heterocycles. The molecular formula is C17H14FN3O3. The Bertz CT molecular complexity index is 800. The lowest BCUT2D eigenvalue weighted by atomic mass is 10.2. The van der Waals surface area contributed by atoms with Crippen LogP contribution in [0.15, 0.2) is 47.6 Å². The van der Waals surface area contributed by atoms with Crippen molar-refractivity contribution in [1.82, 2.24) is 5.43 Å². The summed E-state index contributed by atoms with van der Waals surface area (Å²) in [6, 6.07) is 12.4. The average Bonchev–Trinajstić information content (AvgIpc) is 2.60. The number of nitrogens with one attached hydrogen (secondary N) is 1. The molecule has 1 amide bonds. The van der Waals surface area contributed by atoms with Gasteiger partial charge in [-0.05, 0) is 35.9 Å². The minimum Gasteiger partial charge on any atom is -0.493 e. The van der Waals surface area contributed by atoms with Crippen molar-refractivity contribution in [2.75, 3.05) is 13.7 Å². The molecule has 24 heavy (non-hydrogen) atoms. The number of nitrogens with zero attached hydrogens (tertiary/aromatic N) is 2. The van der Waals surface area contributed by atoms with Gasteiger partial charge in [0.25, 0.3) is 5.91 Å². The largest absolute Gasteiger partial charge is 0.493 e. The fraction of sp³-hybridized carbons (Fsp3) is 0.118. The molecule has 0 heterocycles. The first kappa shape index (κ1) is 17.0. The van der Waals surface area contributed by atoms with E-state index in [9.17, 15) is 9.18 Å². The molecule has 0 saturated carbocycles. The first-order chi connectivity index (χ1) is 11.7. The van der Waals surface area contributed by atoms with E-state index in [4.69, 9.17) is 14.7 Å². The maximum absolute atomic E-state index is 13.5. The van der Waals surface area contributed by atoms with Crippen LogP contribution < -0.4 is 14.9 Å². The Morgan fingerprint density at radius 1 is 1.33 bits per heavy atom. The zero-order valence-electron chi connectivity index (χ0n) is 12.8. The van der Waals surface area contributed by atoms with E-state index in [1.807, 2.05) is 6.07 Å². The van der Waals surface area contributed by atoms with E-state index in [2.05, 4.69) is 10.5 Å². The van der Waals surface area contributed by atoms with Gasteiger partial charge in [-0.1, -0.05) is 12.1 Å². The summed E-state index contributed by atoms with van der Waals surface area (Å²) in [5.74, 6) is -0.419. The molecule has 0 fully saturated rings. The minimum atomic E-state index is -0.648. The van der Waals surface area contributed by atoms with Gasteiger partial charge in [-0.3, -0.25) is 4.79 Å². The van der Waals surface area contributed by atoms with Crippen LogP contribution in [-0.2, 0) is 0 Å². The van der Waals surface area contributed by atoms with Crippen LogP contribution in [0.5, 0.6) is 11.5 Å². The van der Waals surface area contributed by atoms with E-state index in [0.29, 0.717) is 17.1 Å². The average molecular weight is 327 g/mol. The molecule has 0 aromatic heterocycles. The summed E-state index contributed by atoms with van der Waals surface area (Å²) in [5.41, 5.74) is 2.79. The zero-order chi connectivity index (χ0) is 17.4. The number of benzene rings is 2. The monoisotopic (exact) mass is 327 g/mol. The number of carbonyl (C=O) groups excluding carboxylic acids is 1. The Kier molecular flexibility index (Phi) is 5.86. The number of nitriles is 1. The van der Waals surface area contributed by atoms with Crippen molar-refractivity contribution in [1.29, 1.82) is 5.26 Å². The molecule has 0 unspecified atom stereocenters. The highest BCUT2D eigenvalue weighted by atomic mass is 19.1. The molecule has 2 rings (SSSR count). The standard InChI is InChI=1S/C17H14FN3O3/c1-23-16-10-12(6-7-15(16)24-9-8-19)11-20-21-17(22)13-4-2-3-5-14(13)18/h2-7,10-11H,9H2,1H3,(H,21,22)/b20-11+. The molecule has 0 radical (unpaired) electrons. The van der Waals surface area contributed by atoms with Gasteiger partial charge in [0.05, 0.1) is 18.9 Å². The molecule has 0 aliphatic carbocycles. The zero-order valence-corrected chi connectivity index (χ0v) is 12.8. The number of ether oxygens (including phenoxy) is 2. The predicted molar refractivity (Wildman–Crippen MR) is 85.6 cm³/mol. The SMILES string of the molecule is COc1cc(/C=N/NC(=O)c2ccccc2F)ccc1OCC#N. The highest BCUT2D eigenvalue weighted by Gasteiger charge is 2.09. The van der Waals surface area contributed by atoms with Crippen molar-refractivity contribution in [3.8, 4) is 17.6 Å². The van der Waals surface area contributed by atoms with E-state index in [0.717, 1.165) is 0 Å². The number of halogens is 1. The molecule has 1 N–H and O–H groups in total. The van der Waals surface area contributed by atoms with E-state index < -0.39 is 11.7 Å². The fourth-order valence-electron chi connectivity index (χ4n) is 1.86. The lowest BCUT2D eigenvalue weighted by molar-refractivity contribution is 0.0951. The topological polar surface area (TPSA) is 83.7 Å². The number of rotatable bonds is 6. The summed E-state index contributed by atoms with van der Waals surface area (Å²) in [6.45, 7) is -0.0947. The first-order valence-electron chi connectivity index (χ1n) is 6.91. The van der Waals surface area contributed by atoms with E-state index in [-0.39, 0.29) is 12.2 Å². The van der Waals surface area contributed by atoms with Gasteiger partial charge >= 0.3 is 0 Å². The molecule has 0 atom stereocenters. The normalized spacial score (nSPS) is 10.2. The molecule has 0 aliphatic rings. The second-order valence-electron chi connectivity index (χ2n) is 4.54. The van der Waals surface area contributed by atoms with Crippen molar-refractivity contribution in [2.24, 2.45) is 5.10 Å². The van der Waals surface area contributed by atoms with Crippen LogP contribution in [0.25, 0.3) is 0 Å². The number of hydrogen-bond acceptors (Lipinski definition) is 5. The van der Waals surface area contributed by atoms with Crippen molar-refractivity contribution < 1.29 is 18.7 Å². The summed E-state index contributed by atoms with van der Waals surface area (Å²) >= 11 is 0. The van der Waals surface area contributed by atoms with Gasteiger partial charge in [0, 0.05) is 0 Å². The van der Waals surface area contributed by atoms with E-state index in [1.165, 1.54) is 31.5 Å². The Labute approximate surface area is 138 Å². The summed E-state index contributed by atoms with van der Waals surface area (Å²) in [5, 5.41) is 12.3. The Morgan fingerprint density at radius 2 is 2.12 bits per heavy atom. The Balaban J connectivity index is 2.05. The molecule has 0 bridgehead atoms. The van der Waals surface area contributed by atoms with Crippen LogP contribution in [0.4, 0.5) is 4.39 Å². The third-order valence-electron chi connectivity index (χ3n) is 2.98. The third kappa shape index (κ3) is 4.30. The van der Waals surface area contributed by atoms with E-state index >= 15 is 0 Å². The second kappa shape index (κ2) is 8.29. The van der Waals surface area contributed by atoms with Crippen LogP contribution >= 0.6 is 0 Å². The van der Waals surface area contributed by atoms with Crippen molar-refractivity contribution in [2.45, 2.75) is 0 Å². The molecule has 122 valence electrons. The highest BCUT2D eigenvalue weighted by Crippen LogP contribution is 2.27. The van der Waals surface area contributed by atoms with Crippen LogP contribution in [0.2, 0.25) is 0 Å². The molecule has 0 aliphatic heterocycles. The number of hydrazone groups is 1. The maximum atomic E-state index is 13.5. The Morgan fingerprint density at radius 3 is 2.83 bits per heavy atom. The number of hydrogen-bond donors (Lipinski definition) is 1. The van der Waals surface area contributed by atoms with Gasteiger partial charge in [-0.2, -0.15) is 10.4 Å². The van der Waals surface area contributed by atoms with Gasteiger partial charge in [0.1, 0.15) is 11.9 Å². The predicted octanol–water partition coefficient (Wildman–Crippen LogP) is 2.50.